The van der Waals surface area contributed by atoms with Crippen molar-refractivity contribution in [3.63, 3.8) is 0 Å². The normalized spacial score (nSPS) is 15.9. The highest BCUT2D eigenvalue weighted by Crippen LogP contribution is 2.21. The van der Waals surface area contributed by atoms with Gasteiger partial charge in [-0.1, -0.05) is 20.8 Å². The molecule has 0 radical (unpaired) electrons. The molecule has 2 unspecified atom stereocenters. The molecule has 2 atom stereocenters. The van der Waals surface area contributed by atoms with Crippen LogP contribution in [-0.2, 0) is 26.3 Å². The van der Waals surface area contributed by atoms with Crippen molar-refractivity contribution in [1.82, 2.24) is 0 Å². The Kier molecular flexibility index (Phi) is 10.5. The molecule has 0 aromatic carbocycles. The van der Waals surface area contributed by atoms with Gasteiger partial charge in [-0.15, -0.1) is 0 Å². The summed E-state index contributed by atoms with van der Waals surface area (Å²) in [6.07, 6.45) is 0. The van der Waals surface area contributed by atoms with Gasteiger partial charge in [0, 0.05) is 49.7 Å². The number of rotatable bonds is 4. The van der Waals surface area contributed by atoms with E-state index in [0.717, 1.165) is 5.75 Å². The van der Waals surface area contributed by atoms with Crippen LogP contribution >= 0.6 is 0 Å². The molecule has 0 fully saturated rings. The Balaban J connectivity index is 0. The fraction of sp³-hybridized carbons (Fsp3) is 1.00. The number of hydrogen-bond acceptors (Lipinski definition) is 3. The quantitative estimate of drug-likeness (QED) is 0.782. The van der Waals surface area contributed by atoms with Gasteiger partial charge < -0.3 is 4.74 Å². The Morgan fingerprint density at radius 2 is 1.14 bits per heavy atom. The molecule has 0 saturated carbocycles. The molecule has 0 aliphatic carbocycles. The summed E-state index contributed by atoms with van der Waals surface area (Å²) in [5, 5.41) is 0. The summed E-state index contributed by atoms with van der Waals surface area (Å²) in [5.41, 5.74) is 0.179. The van der Waals surface area contributed by atoms with Gasteiger partial charge >= 0.3 is 0 Å². The van der Waals surface area contributed by atoms with E-state index in [1.807, 2.05) is 41.5 Å². The first kappa shape index (κ1) is 23.5. The van der Waals surface area contributed by atoms with Gasteiger partial charge in [-0.05, 0) is 47.0 Å². The van der Waals surface area contributed by atoms with Crippen LogP contribution in [0.1, 0.15) is 62.3 Å². The van der Waals surface area contributed by atoms with E-state index in [2.05, 4.69) is 20.8 Å². The van der Waals surface area contributed by atoms with Gasteiger partial charge in [0.05, 0.1) is 6.61 Å². The van der Waals surface area contributed by atoms with E-state index in [4.69, 9.17) is 4.74 Å². The van der Waals surface area contributed by atoms with Gasteiger partial charge in [0.1, 0.15) is 0 Å². The van der Waals surface area contributed by atoms with Crippen LogP contribution in [0.4, 0.5) is 0 Å². The van der Waals surface area contributed by atoms with Crippen molar-refractivity contribution in [1.29, 1.82) is 0 Å². The summed E-state index contributed by atoms with van der Waals surface area (Å²) < 4.78 is 27.5. The number of methoxy groups -OCH3 is 1. The summed E-state index contributed by atoms with van der Waals surface area (Å²) in [6.45, 7) is 18.9. The maximum absolute atomic E-state index is 11.6. The van der Waals surface area contributed by atoms with E-state index in [-0.39, 0.29) is 14.9 Å². The fourth-order valence-electron chi connectivity index (χ4n) is 1.07. The second-order valence-electron chi connectivity index (χ2n) is 8.32. The molecule has 0 N–H and O–H groups in total. The van der Waals surface area contributed by atoms with Gasteiger partial charge in [-0.3, -0.25) is 8.42 Å². The molecule has 0 aliphatic heterocycles. The van der Waals surface area contributed by atoms with Crippen LogP contribution in [0.2, 0.25) is 0 Å². The van der Waals surface area contributed by atoms with Crippen LogP contribution in [0.3, 0.4) is 0 Å². The topological polar surface area (TPSA) is 43.4 Å². The van der Waals surface area contributed by atoms with Gasteiger partial charge in [0.15, 0.2) is 0 Å². The Morgan fingerprint density at radius 1 is 0.762 bits per heavy atom. The van der Waals surface area contributed by atoms with Crippen LogP contribution in [0.15, 0.2) is 0 Å². The lowest BCUT2D eigenvalue weighted by Gasteiger charge is -2.24. The molecule has 0 rings (SSSR count). The van der Waals surface area contributed by atoms with Crippen molar-refractivity contribution in [2.75, 3.05) is 25.2 Å². The molecule has 21 heavy (non-hydrogen) atoms. The van der Waals surface area contributed by atoms with Crippen molar-refractivity contribution >= 4 is 21.6 Å². The van der Waals surface area contributed by atoms with Gasteiger partial charge in [0.25, 0.3) is 0 Å². The van der Waals surface area contributed by atoms with Gasteiger partial charge in [0.2, 0.25) is 0 Å². The average Bonchev–Trinajstić information content (AvgIpc) is 2.21. The molecular formula is C16H36O3S2. The zero-order chi connectivity index (χ0) is 17.5. The third-order valence-corrected chi connectivity index (χ3v) is 6.80. The zero-order valence-electron chi connectivity index (χ0n) is 15.7. The first-order valence-electron chi connectivity index (χ1n) is 7.37. The molecule has 0 amide bonds. The predicted molar refractivity (Wildman–Crippen MR) is 96.9 cm³/mol. The van der Waals surface area contributed by atoms with Gasteiger partial charge in [-0.2, -0.15) is 0 Å². The lowest BCUT2D eigenvalue weighted by molar-refractivity contribution is 0.217. The molecule has 0 bridgehead atoms. The zero-order valence-corrected chi connectivity index (χ0v) is 17.3. The molecule has 0 saturated heterocycles. The van der Waals surface area contributed by atoms with Crippen molar-refractivity contribution in [3.05, 3.63) is 0 Å². The lowest BCUT2D eigenvalue weighted by atomic mass is 10.0. The molecule has 0 aliphatic rings. The Hall–Kier alpha value is 0.260. The van der Waals surface area contributed by atoms with Crippen molar-refractivity contribution in [2.24, 2.45) is 5.41 Å². The molecule has 0 heterocycles. The van der Waals surface area contributed by atoms with Crippen LogP contribution in [0.5, 0.6) is 0 Å². The monoisotopic (exact) mass is 340 g/mol. The van der Waals surface area contributed by atoms with E-state index >= 15 is 0 Å². The van der Waals surface area contributed by atoms with Crippen LogP contribution in [-0.4, -0.2) is 43.1 Å². The number of ether oxygens (including phenoxy) is 1. The van der Waals surface area contributed by atoms with Crippen LogP contribution < -0.4 is 0 Å². The first-order valence-corrected chi connectivity index (χ1v) is 10.0. The number of hydrogen-bond donors (Lipinski definition) is 0. The summed E-state index contributed by atoms with van der Waals surface area (Å²) in [5.74, 6) is 1.43. The van der Waals surface area contributed by atoms with E-state index in [1.165, 1.54) is 0 Å². The lowest BCUT2D eigenvalue weighted by Crippen LogP contribution is -2.29. The molecule has 0 spiro atoms. The maximum Gasteiger partial charge on any atom is 0.0577 e. The largest absolute Gasteiger partial charge is 0.384 e. The minimum Gasteiger partial charge on any atom is -0.384 e. The van der Waals surface area contributed by atoms with Crippen LogP contribution in [0, 0.1) is 5.41 Å². The standard InChI is InChI=1S/C9H20OS.C7H16O2S/c1-8(2,3)7-11(10)9(4,5)6;1-7(2,3)10(8)6-5-9-4/h7H2,1-6H3;5-6H2,1-4H3. The summed E-state index contributed by atoms with van der Waals surface area (Å²) in [7, 11) is 0.156. The van der Waals surface area contributed by atoms with E-state index in [0.29, 0.717) is 12.4 Å². The smallest absolute Gasteiger partial charge is 0.0577 e. The second-order valence-corrected chi connectivity index (χ2v) is 12.8. The van der Waals surface area contributed by atoms with Crippen molar-refractivity contribution < 1.29 is 13.2 Å². The molecular weight excluding hydrogens is 304 g/mol. The van der Waals surface area contributed by atoms with E-state index in [1.54, 1.807) is 7.11 Å². The fourth-order valence-corrected chi connectivity index (χ4v) is 3.22. The Bertz CT molecular complexity index is 331. The summed E-state index contributed by atoms with van der Waals surface area (Å²) in [6, 6.07) is 0. The SMILES string of the molecule is CC(C)(C)CS(=O)C(C)(C)C.COCCS(=O)C(C)(C)C. The molecule has 5 heteroatoms. The third kappa shape index (κ3) is 14.9. The third-order valence-electron chi connectivity index (χ3n) is 2.40. The van der Waals surface area contributed by atoms with E-state index < -0.39 is 21.6 Å². The van der Waals surface area contributed by atoms with E-state index in [9.17, 15) is 8.42 Å². The molecule has 0 aromatic heterocycles. The minimum absolute atomic E-state index is 0.0622. The highest BCUT2D eigenvalue weighted by atomic mass is 32.2. The minimum atomic E-state index is -0.762. The summed E-state index contributed by atoms with van der Waals surface area (Å²) in [4.78, 5) is 0. The average molecular weight is 341 g/mol. The van der Waals surface area contributed by atoms with Crippen molar-refractivity contribution in [2.45, 2.75) is 71.8 Å². The van der Waals surface area contributed by atoms with Crippen LogP contribution in [0.25, 0.3) is 0 Å². The summed E-state index contributed by atoms with van der Waals surface area (Å²) >= 11 is 0. The van der Waals surface area contributed by atoms with Crippen molar-refractivity contribution in [3.8, 4) is 0 Å². The molecule has 0 aromatic rings. The van der Waals surface area contributed by atoms with Gasteiger partial charge in [-0.25, -0.2) is 0 Å². The Labute approximate surface area is 137 Å². The first-order chi connectivity index (χ1) is 9.11. The second kappa shape index (κ2) is 9.41. The maximum atomic E-state index is 11.6. The molecule has 130 valence electrons. The Morgan fingerprint density at radius 3 is 1.33 bits per heavy atom. The highest BCUT2D eigenvalue weighted by Gasteiger charge is 2.24. The predicted octanol–water partition coefficient (Wildman–Crippen LogP) is 3.76. The molecule has 3 nitrogen and oxygen atoms in total. The highest BCUT2D eigenvalue weighted by molar-refractivity contribution is 7.86.